The van der Waals surface area contributed by atoms with Gasteiger partial charge in [0.15, 0.2) is 0 Å². The van der Waals surface area contributed by atoms with Crippen LogP contribution in [0.2, 0.25) is 0 Å². The van der Waals surface area contributed by atoms with Gasteiger partial charge in [-0.2, -0.15) is 0 Å². The average Bonchev–Trinajstić information content (AvgIpc) is 2.83. The van der Waals surface area contributed by atoms with Gasteiger partial charge in [0.25, 0.3) is 0 Å². The quantitative estimate of drug-likeness (QED) is 0.572. The fourth-order valence-electron chi connectivity index (χ4n) is 3.93. The standard InChI is InChI=1S/C25H28N4OS/c1-18-4-3-5-21(14-18)23-15-24(28-17-27-23)29-12-10-20(11-13-29)25(30)26-16-19-6-8-22(31-2)9-7-19/h3-9,14-15,17,20H,10-13,16H2,1-2H3,(H,26,30). The number of nitrogens with one attached hydrogen (secondary N) is 1. The second-order valence-electron chi connectivity index (χ2n) is 7.96. The Hall–Kier alpha value is -2.86. The van der Waals surface area contributed by atoms with E-state index in [1.165, 1.54) is 10.5 Å². The molecule has 31 heavy (non-hydrogen) atoms. The molecule has 1 N–H and O–H groups in total. The second-order valence-corrected chi connectivity index (χ2v) is 8.84. The number of hydrogen-bond acceptors (Lipinski definition) is 5. The Labute approximate surface area is 188 Å². The Morgan fingerprint density at radius 1 is 1.10 bits per heavy atom. The van der Waals surface area contributed by atoms with Gasteiger partial charge in [-0.25, -0.2) is 9.97 Å². The molecule has 1 amide bonds. The number of aromatic nitrogens is 2. The van der Waals surface area contributed by atoms with Crippen molar-refractivity contribution < 1.29 is 4.79 Å². The molecule has 4 rings (SSSR count). The summed E-state index contributed by atoms with van der Waals surface area (Å²) in [5, 5.41) is 3.11. The Balaban J connectivity index is 1.32. The van der Waals surface area contributed by atoms with Crippen molar-refractivity contribution in [2.45, 2.75) is 31.2 Å². The number of carbonyl (C=O) groups excluding carboxylic acids is 1. The molecule has 0 aliphatic carbocycles. The molecule has 5 nitrogen and oxygen atoms in total. The fraction of sp³-hybridized carbons (Fsp3) is 0.320. The Morgan fingerprint density at radius 2 is 1.87 bits per heavy atom. The highest BCUT2D eigenvalue weighted by molar-refractivity contribution is 7.98. The normalized spacial score (nSPS) is 14.5. The van der Waals surface area contributed by atoms with Gasteiger partial charge in [0.2, 0.25) is 5.91 Å². The van der Waals surface area contributed by atoms with Gasteiger partial charge in [-0.15, -0.1) is 11.8 Å². The molecular weight excluding hydrogens is 404 g/mol. The van der Waals surface area contributed by atoms with Crippen LogP contribution < -0.4 is 10.2 Å². The van der Waals surface area contributed by atoms with Crippen LogP contribution in [0.3, 0.4) is 0 Å². The molecule has 1 saturated heterocycles. The van der Waals surface area contributed by atoms with E-state index in [1.54, 1.807) is 18.1 Å². The maximum atomic E-state index is 12.6. The molecule has 1 aliphatic heterocycles. The topological polar surface area (TPSA) is 58.1 Å². The van der Waals surface area contributed by atoms with Crippen molar-refractivity contribution in [2.24, 2.45) is 5.92 Å². The van der Waals surface area contributed by atoms with Crippen molar-refractivity contribution in [3.05, 3.63) is 72.1 Å². The predicted octanol–water partition coefficient (Wildman–Crippen LogP) is 4.71. The number of anilines is 1. The first-order valence-corrected chi connectivity index (χ1v) is 11.9. The third-order valence-electron chi connectivity index (χ3n) is 5.78. The average molecular weight is 433 g/mol. The summed E-state index contributed by atoms with van der Waals surface area (Å²) in [6.45, 7) is 4.32. The molecular formula is C25H28N4OS. The minimum absolute atomic E-state index is 0.0554. The van der Waals surface area contributed by atoms with Gasteiger partial charge in [-0.3, -0.25) is 4.79 Å². The molecule has 1 fully saturated rings. The lowest BCUT2D eigenvalue weighted by Crippen LogP contribution is -2.40. The van der Waals surface area contributed by atoms with E-state index in [0.29, 0.717) is 6.54 Å². The smallest absolute Gasteiger partial charge is 0.223 e. The Morgan fingerprint density at radius 3 is 2.58 bits per heavy atom. The number of thioether (sulfide) groups is 1. The van der Waals surface area contributed by atoms with Crippen LogP contribution in [0.1, 0.15) is 24.0 Å². The highest BCUT2D eigenvalue weighted by Crippen LogP contribution is 2.25. The zero-order valence-corrected chi connectivity index (χ0v) is 18.9. The first-order valence-electron chi connectivity index (χ1n) is 10.7. The Kier molecular flexibility index (Phi) is 6.87. The van der Waals surface area contributed by atoms with Gasteiger partial charge >= 0.3 is 0 Å². The van der Waals surface area contributed by atoms with Crippen LogP contribution in [0, 0.1) is 12.8 Å². The number of amides is 1. The van der Waals surface area contributed by atoms with Gasteiger partial charge in [0, 0.05) is 42.1 Å². The first kappa shape index (κ1) is 21.4. The lowest BCUT2D eigenvalue weighted by Gasteiger charge is -2.32. The fourth-order valence-corrected chi connectivity index (χ4v) is 4.34. The number of hydrogen-bond donors (Lipinski definition) is 1. The van der Waals surface area contributed by atoms with Gasteiger partial charge < -0.3 is 10.2 Å². The first-order chi connectivity index (χ1) is 15.1. The molecule has 1 aromatic heterocycles. The monoisotopic (exact) mass is 432 g/mol. The van der Waals surface area contributed by atoms with Crippen LogP contribution in [0.4, 0.5) is 5.82 Å². The predicted molar refractivity (Wildman–Crippen MR) is 127 cm³/mol. The molecule has 2 heterocycles. The van der Waals surface area contributed by atoms with Crippen molar-refractivity contribution in [1.29, 1.82) is 0 Å². The third kappa shape index (κ3) is 5.44. The van der Waals surface area contributed by atoms with Crippen LogP contribution >= 0.6 is 11.8 Å². The summed E-state index contributed by atoms with van der Waals surface area (Å²) in [6.07, 6.45) is 5.37. The molecule has 2 aromatic carbocycles. The summed E-state index contributed by atoms with van der Waals surface area (Å²) in [4.78, 5) is 25.1. The molecule has 1 aliphatic rings. The summed E-state index contributed by atoms with van der Waals surface area (Å²) in [7, 11) is 0. The van der Waals surface area contributed by atoms with Gasteiger partial charge in [0.1, 0.15) is 12.1 Å². The third-order valence-corrected chi connectivity index (χ3v) is 6.53. The van der Waals surface area contributed by atoms with Crippen molar-refractivity contribution in [3.63, 3.8) is 0 Å². The molecule has 0 unspecified atom stereocenters. The van der Waals surface area contributed by atoms with Gasteiger partial charge in [0.05, 0.1) is 5.69 Å². The largest absolute Gasteiger partial charge is 0.356 e. The van der Waals surface area contributed by atoms with Crippen LogP contribution in [0.25, 0.3) is 11.3 Å². The summed E-state index contributed by atoms with van der Waals surface area (Å²) < 4.78 is 0. The summed E-state index contributed by atoms with van der Waals surface area (Å²) in [5.41, 5.74) is 4.38. The van der Waals surface area contributed by atoms with E-state index in [0.717, 1.165) is 48.6 Å². The number of rotatable bonds is 6. The maximum Gasteiger partial charge on any atom is 0.223 e. The van der Waals surface area contributed by atoms with E-state index in [4.69, 9.17) is 0 Å². The second kappa shape index (κ2) is 9.96. The van der Waals surface area contributed by atoms with E-state index < -0.39 is 0 Å². The van der Waals surface area contributed by atoms with Gasteiger partial charge in [-0.05, 0) is 49.8 Å². The van der Waals surface area contributed by atoms with Crippen LogP contribution in [0.15, 0.2) is 65.8 Å². The van der Waals surface area contributed by atoms with Crippen molar-refractivity contribution >= 4 is 23.5 Å². The van der Waals surface area contributed by atoms with Crippen molar-refractivity contribution in [1.82, 2.24) is 15.3 Å². The molecule has 6 heteroatoms. The van der Waals surface area contributed by atoms with Crippen LogP contribution in [0.5, 0.6) is 0 Å². The highest BCUT2D eigenvalue weighted by Gasteiger charge is 2.25. The van der Waals surface area contributed by atoms with Crippen molar-refractivity contribution in [2.75, 3.05) is 24.2 Å². The number of nitrogens with zero attached hydrogens (tertiary/aromatic N) is 3. The minimum Gasteiger partial charge on any atom is -0.356 e. The molecule has 0 radical (unpaired) electrons. The lowest BCUT2D eigenvalue weighted by atomic mass is 9.95. The van der Waals surface area contributed by atoms with Crippen LogP contribution in [-0.4, -0.2) is 35.2 Å². The summed E-state index contributed by atoms with van der Waals surface area (Å²) in [6, 6.07) is 18.7. The summed E-state index contributed by atoms with van der Waals surface area (Å²) in [5.74, 6) is 1.13. The van der Waals surface area contributed by atoms with Crippen molar-refractivity contribution in [3.8, 4) is 11.3 Å². The van der Waals surface area contributed by atoms with Crippen LogP contribution in [-0.2, 0) is 11.3 Å². The van der Waals surface area contributed by atoms with Gasteiger partial charge in [-0.1, -0.05) is 35.9 Å². The molecule has 0 spiro atoms. The molecule has 0 bridgehead atoms. The zero-order valence-electron chi connectivity index (χ0n) is 18.0. The molecule has 160 valence electrons. The lowest BCUT2D eigenvalue weighted by molar-refractivity contribution is -0.125. The number of aryl methyl sites for hydroxylation is 1. The molecule has 3 aromatic rings. The zero-order chi connectivity index (χ0) is 21.6. The van der Waals surface area contributed by atoms with E-state index >= 15 is 0 Å². The highest BCUT2D eigenvalue weighted by atomic mass is 32.2. The Bertz CT molecular complexity index is 1030. The van der Waals surface area contributed by atoms with E-state index in [9.17, 15) is 4.79 Å². The summed E-state index contributed by atoms with van der Waals surface area (Å²) >= 11 is 1.72. The van der Waals surface area contributed by atoms with E-state index in [1.807, 2.05) is 12.1 Å². The number of piperidine rings is 1. The number of carbonyl (C=O) groups is 1. The maximum absolute atomic E-state index is 12.6. The molecule has 0 saturated carbocycles. The van der Waals surface area contributed by atoms with E-state index in [-0.39, 0.29) is 11.8 Å². The minimum atomic E-state index is 0.0554. The molecule has 0 atom stereocenters. The SMILES string of the molecule is CSc1ccc(CNC(=O)C2CCN(c3cc(-c4cccc(C)c4)ncn3)CC2)cc1. The number of benzene rings is 2. The van der Waals surface area contributed by atoms with E-state index in [2.05, 4.69) is 75.8 Å².